The molecule has 0 radical (unpaired) electrons. The molecule has 1 aromatic heterocycles. The molecule has 2 aromatic carbocycles. The molecule has 0 saturated heterocycles. The molecule has 3 N–H and O–H groups in total. The van der Waals surface area contributed by atoms with Crippen molar-refractivity contribution in [3.05, 3.63) is 88.8 Å². The Balaban J connectivity index is 1.68. The van der Waals surface area contributed by atoms with E-state index < -0.39 is 12.0 Å². The van der Waals surface area contributed by atoms with Crippen LogP contribution in [0, 0.1) is 6.92 Å². The van der Waals surface area contributed by atoms with Crippen molar-refractivity contribution in [3.8, 4) is 0 Å². The van der Waals surface area contributed by atoms with E-state index in [1.807, 2.05) is 55.5 Å². The number of carboxylic acids is 1. The van der Waals surface area contributed by atoms with Crippen molar-refractivity contribution < 1.29 is 14.7 Å². The van der Waals surface area contributed by atoms with Crippen molar-refractivity contribution in [2.24, 2.45) is 0 Å². The molecule has 1 aliphatic heterocycles. The molecule has 3 aromatic rings. The molecule has 0 saturated carbocycles. The molecule has 0 aliphatic carbocycles. The molecule has 0 fully saturated rings. The van der Waals surface area contributed by atoms with Gasteiger partial charge in [0.05, 0.1) is 12.2 Å². The highest BCUT2D eigenvalue weighted by Crippen LogP contribution is 2.32. The van der Waals surface area contributed by atoms with E-state index in [9.17, 15) is 14.7 Å². The molecule has 30 heavy (non-hydrogen) atoms. The fourth-order valence-electron chi connectivity index (χ4n) is 3.41. The number of aromatic nitrogens is 2. The summed E-state index contributed by atoms with van der Waals surface area (Å²) in [4.78, 5) is 24.6. The van der Waals surface area contributed by atoms with Crippen LogP contribution < -0.4 is 10.6 Å². The minimum absolute atomic E-state index is 0.00919. The monoisotopic (exact) mass is 402 g/mol. The number of fused-ring (bicyclic) bond motifs is 1. The summed E-state index contributed by atoms with van der Waals surface area (Å²) in [5.41, 5.74) is 4.11. The molecular weight excluding hydrogens is 380 g/mol. The number of aliphatic carboxylic acids is 1. The molecule has 1 amide bonds. The summed E-state index contributed by atoms with van der Waals surface area (Å²) >= 11 is 0. The quantitative estimate of drug-likeness (QED) is 0.600. The second-order valence-corrected chi connectivity index (χ2v) is 7.22. The zero-order valence-electron chi connectivity index (χ0n) is 16.7. The number of hydrogen-bond donors (Lipinski definition) is 3. The van der Waals surface area contributed by atoms with Crippen LogP contribution in [0.5, 0.6) is 0 Å². The van der Waals surface area contributed by atoms with Gasteiger partial charge in [-0.25, -0.2) is 9.48 Å². The summed E-state index contributed by atoms with van der Waals surface area (Å²) < 4.78 is 1.63. The van der Waals surface area contributed by atoms with Gasteiger partial charge >= 0.3 is 5.97 Å². The number of hydrogen-bond acceptors (Lipinski definition) is 4. The van der Waals surface area contributed by atoms with Gasteiger partial charge in [0.15, 0.2) is 0 Å². The van der Waals surface area contributed by atoms with E-state index in [0.29, 0.717) is 11.5 Å². The van der Waals surface area contributed by atoms with Crippen LogP contribution >= 0.6 is 0 Å². The van der Waals surface area contributed by atoms with Crippen LogP contribution in [0.4, 0.5) is 11.5 Å². The molecule has 7 heteroatoms. The third-order valence-corrected chi connectivity index (χ3v) is 5.15. The van der Waals surface area contributed by atoms with Crippen molar-refractivity contribution in [3.63, 3.8) is 0 Å². The lowest BCUT2D eigenvalue weighted by Crippen LogP contribution is -2.25. The molecule has 1 unspecified atom stereocenters. The van der Waals surface area contributed by atoms with Crippen molar-refractivity contribution in [1.29, 1.82) is 0 Å². The van der Waals surface area contributed by atoms with E-state index in [-0.39, 0.29) is 17.2 Å². The average Bonchev–Trinajstić information content (AvgIpc) is 3.18. The first-order chi connectivity index (χ1) is 14.5. The number of rotatable bonds is 5. The van der Waals surface area contributed by atoms with Gasteiger partial charge in [0.2, 0.25) is 0 Å². The van der Waals surface area contributed by atoms with Gasteiger partial charge in [-0.15, -0.1) is 0 Å². The highest BCUT2D eigenvalue weighted by Gasteiger charge is 2.29. The van der Waals surface area contributed by atoms with Gasteiger partial charge in [0.1, 0.15) is 17.1 Å². The van der Waals surface area contributed by atoms with Gasteiger partial charge < -0.3 is 15.7 Å². The van der Waals surface area contributed by atoms with Gasteiger partial charge in [-0.1, -0.05) is 48.9 Å². The molecule has 0 bridgehead atoms. The highest BCUT2D eigenvalue weighted by molar-refractivity contribution is 6.08. The standard InChI is InChI=1S/C23H22N4O3/c1-3-15-6-10-17(11-7-15)25-22(28)18-13-24-27-20(16-8-4-14(2)5-9-16)12-19(23(29)30)26-21(18)27/h4-13,20,26H,3H2,1-2H3,(H,25,28)(H,29,30). The van der Waals surface area contributed by atoms with Crippen LogP contribution in [0.15, 0.2) is 66.5 Å². The normalized spacial score (nSPS) is 15.0. The molecule has 2 heterocycles. The molecule has 7 nitrogen and oxygen atoms in total. The molecular formula is C23H22N4O3. The number of benzene rings is 2. The predicted molar refractivity (Wildman–Crippen MR) is 115 cm³/mol. The number of carbonyl (C=O) groups is 2. The Labute approximate surface area is 174 Å². The molecule has 4 rings (SSSR count). The minimum Gasteiger partial charge on any atom is -0.477 e. The van der Waals surface area contributed by atoms with E-state index in [0.717, 1.165) is 17.5 Å². The zero-order valence-corrected chi connectivity index (χ0v) is 16.7. The Morgan fingerprint density at radius 1 is 1.13 bits per heavy atom. The van der Waals surface area contributed by atoms with Gasteiger partial charge in [0, 0.05) is 5.69 Å². The van der Waals surface area contributed by atoms with Gasteiger partial charge in [-0.2, -0.15) is 5.10 Å². The van der Waals surface area contributed by atoms with Crippen LogP contribution in [0.1, 0.15) is 40.0 Å². The lowest BCUT2D eigenvalue weighted by Gasteiger charge is -2.24. The zero-order chi connectivity index (χ0) is 21.3. The lowest BCUT2D eigenvalue weighted by atomic mass is 10.0. The number of anilines is 2. The van der Waals surface area contributed by atoms with Crippen molar-refractivity contribution in [2.75, 3.05) is 10.6 Å². The first-order valence-corrected chi connectivity index (χ1v) is 9.72. The summed E-state index contributed by atoms with van der Waals surface area (Å²) in [7, 11) is 0. The van der Waals surface area contributed by atoms with Crippen LogP contribution in [-0.2, 0) is 11.2 Å². The van der Waals surface area contributed by atoms with Crippen molar-refractivity contribution in [1.82, 2.24) is 9.78 Å². The lowest BCUT2D eigenvalue weighted by molar-refractivity contribution is -0.132. The Kier molecular flexibility index (Phi) is 5.10. The largest absolute Gasteiger partial charge is 0.477 e. The van der Waals surface area contributed by atoms with Crippen LogP contribution in [0.3, 0.4) is 0 Å². The number of nitrogens with zero attached hydrogens (tertiary/aromatic N) is 2. The Morgan fingerprint density at radius 3 is 2.47 bits per heavy atom. The van der Waals surface area contributed by atoms with Crippen LogP contribution in [0.25, 0.3) is 0 Å². The van der Waals surface area contributed by atoms with Gasteiger partial charge in [-0.3, -0.25) is 4.79 Å². The number of nitrogens with one attached hydrogen (secondary N) is 2. The smallest absolute Gasteiger partial charge is 0.352 e. The number of amides is 1. The van der Waals surface area contributed by atoms with E-state index in [2.05, 4.69) is 22.7 Å². The van der Waals surface area contributed by atoms with E-state index >= 15 is 0 Å². The summed E-state index contributed by atoms with van der Waals surface area (Å²) in [5.74, 6) is -1.11. The fourth-order valence-corrected chi connectivity index (χ4v) is 3.41. The molecule has 0 spiro atoms. The van der Waals surface area contributed by atoms with Gasteiger partial charge in [-0.05, 0) is 42.7 Å². The fraction of sp³-hybridized carbons (Fsp3) is 0.174. The first-order valence-electron chi connectivity index (χ1n) is 9.72. The SMILES string of the molecule is CCc1ccc(NC(=O)c2cnn3c2NC(C(=O)O)=CC3c2ccc(C)cc2)cc1. The summed E-state index contributed by atoms with van der Waals surface area (Å²) in [6.45, 7) is 4.05. The minimum atomic E-state index is -1.10. The van der Waals surface area contributed by atoms with E-state index in [1.165, 1.54) is 11.8 Å². The van der Waals surface area contributed by atoms with Crippen LogP contribution in [0.2, 0.25) is 0 Å². The third kappa shape index (κ3) is 3.69. The second-order valence-electron chi connectivity index (χ2n) is 7.22. The number of allylic oxidation sites excluding steroid dienone is 1. The van der Waals surface area contributed by atoms with E-state index in [4.69, 9.17) is 0 Å². The molecule has 1 atom stereocenters. The first kappa shape index (κ1) is 19.4. The maximum atomic E-state index is 12.9. The Bertz CT molecular complexity index is 1130. The van der Waals surface area contributed by atoms with Crippen molar-refractivity contribution >= 4 is 23.4 Å². The summed E-state index contributed by atoms with van der Waals surface area (Å²) in [6, 6.07) is 15.0. The Hall–Kier alpha value is -3.87. The summed E-state index contributed by atoms with van der Waals surface area (Å²) in [5, 5.41) is 19.6. The third-order valence-electron chi connectivity index (χ3n) is 5.15. The molecule has 152 valence electrons. The predicted octanol–water partition coefficient (Wildman–Crippen LogP) is 3.99. The average molecular weight is 402 g/mol. The van der Waals surface area contributed by atoms with E-state index in [1.54, 1.807) is 10.8 Å². The number of carboxylic acid groups (broad SMARTS) is 1. The molecule has 1 aliphatic rings. The van der Waals surface area contributed by atoms with Crippen LogP contribution in [-0.4, -0.2) is 26.8 Å². The van der Waals surface area contributed by atoms with Crippen molar-refractivity contribution in [2.45, 2.75) is 26.3 Å². The van der Waals surface area contributed by atoms with Gasteiger partial charge in [0.25, 0.3) is 5.91 Å². The second kappa shape index (κ2) is 7.87. The summed E-state index contributed by atoms with van der Waals surface area (Å²) in [6.07, 6.45) is 3.97. The maximum Gasteiger partial charge on any atom is 0.352 e. The Morgan fingerprint density at radius 2 is 1.83 bits per heavy atom. The number of aryl methyl sites for hydroxylation is 2. The highest BCUT2D eigenvalue weighted by atomic mass is 16.4. The topological polar surface area (TPSA) is 96.3 Å². The maximum absolute atomic E-state index is 12.9. The number of carbonyl (C=O) groups excluding carboxylic acids is 1.